The van der Waals surface area contributed by atoms with E-state index < -0.39 is 0 Å². The Morgan fingerprint density at radius 2 is 2.08 bits per heavy atom. The lowest BCUT2D eigenvalue weighted by Crippen LogP contribution is -2.34. The van der Waals surface area contributed by atoms with E-state index in [1.807, 2.05) is 42.6 Å². The van der Waals surface area contributed by atoms with Gasteiger partial charge in [0.05, 0.1) is 10.6 Å². The number of thioether (sulfide) groups is 1. The van der Waals surface area contributed by atoms with Gasteiger partial charge >= 0.3 is 0 Å². The van der Waals surface area contributed by atoms with E-state index in [4.69, 9.17) is 4.42 Å². The van der Waals surface area contributed by atoms with Crippen LogP contribution in [0.5, 0.6) is 0 Å². The van der Waals surface area contributed by atoms with Crippen molar-refractivity contribution in [2.45, 2.75) is 31.0 Å². The Morgan fingerprint density at radius 3 is 2.84 bits per heavy atom. The molecule has 2 aromatic heterocycles. The normalized spacial score (nSPS) is 12.0. The Labute approximate surface area is 154 Å². The smallest absolute Gasteiger partial charge is 0.277 e. The minimum absolute atomic E-state index is 0.0264. The highest BCUT2D eigenvalue weighted by Gasteiger charge is 2.13. The maximum Gasteiger partial charge on any atom is 0.277 e. The number of thiophene rings is 1. The van der Waals surface area contributed by atoms with Crippen LogP contribution in [0.3, 0.4) is 0 Å². The molecule has 1 unspecified atom stereocenters. The maximum absolute atomic E-state index is 12.1. The third kappa shape index (κ3) is 5.44. The van der Waals surface area contributed by atoms with Crippen molar-refractivity contribution in [1.82, 2.24) is 15.5 Å². The van der Waals surface area contributed by atoms with E-state index in [0.29, 0.717) is 11.1 Å². The number of hydrogen-bond donors (Lipinski definition) is 1. The van der Waals surface area contributed by atoms with Gasteiger partial charge in [-0.3, -0.25) is 4.79 Å². The first-order chi connectivity index (χ1) is 12.2. The second-order valence-electron chi connectivity index (χ2n) is 5.63. The maximum atomic E-state index is 12.1. The number of aromatic nitrogens is 2. The summed E-state index contributed by atoms with van der Waals surface area (Å²) < 4.78 is 5.56. The lowest BCUT2D eigenvalue weighted by Gasteiger charge is -2.13. The number of aryl methyl sites for hydroxylation is 1. The van der Waals surface area contributed by atoms with E-state index in [2.05, 4.69) is 27.6 Å². The highest BCUT2D eigenvalue weighted by molar-refractivity contribution is 7.99. The van der Waals surface area contributed by atoms with Crippen molar-refractivity contribution >= 4 is 29.0 Å². The van der Waals surface area contributed by atoms with E-state index in [9.17, 15) is 4.79 Å². The number of carbonyl (C=O) groups excluding carboxylic acids is 1. The molecule has 1 N–H and O–H groups in total. The summed E-state index contributed by atoms with van der Waals surface area (Å²) in [5.41, 5.74) is 1.28. The molecule has 1 aromatic carbocycles. The van der Waals surface area contributed by atoms with Crippen LogP contribution in [0.2, 0.25) is 0 Å². The lowest BCUT2D eigenvalue weighted by atomic mass is 10.1. The van der Waals surface area contributed by atoms with Crippen LogP contribution in [0.15, 0.2) is 57.5 Å². The average molecular weight is 374 g/mol. The standard InChI is InChI=1S/C18H19N3O2S2/c1-13(9-10-14-6-3-2-4-7-14)19-16(22)12-25-18-21-20-17(23-18)15-8-5-11-24-15/h2-8,11,13H,9-10,12H2,1H3,(H,19,22). The highest BCUT2D eigenvalue weighted by atomic mass is 32.2. The second kappa shape index (κ2) is 8.82. The molecule has 0 fully saturated rings. The largest absolute Gasteiger partial charge is 0.410 e. The Bertz CT molecular complexity index is 788. The second-order valence-corrected chi connectivity index (χ2v) is 7.51. The zero-order valence-corrected chi connectivity index (χ0v) is 15.5. The van der Waals surface area contributed by atoms with Crippen molar-refractivity contribution < 1.29 is 9.21 Å². The number of carbonyl (C=O) groups is 1. The third-order valence-corrected chi connectivity index (χ3v) is 5.26. The molecule has 0 aliphatic rings. The van der Waals surface area contributed by atoms with Gasteiger partial charge in [0.25, 0.3) is 11.1 Å². The summed E-state index contributed by atoms with van der Waals surface area (Å²) in [5, 5.41) is 13.3. The highest BCUT2D eigenvalue weighted by Crippen LogP contribution is 2.26. The zero-order chi connectivity index (χ0) is 17.5. The number of rotatable bonds is 8. The predicted octanol–water partition coefficient (Wildman–Crippen LogP) is 4.03. The van der Waals surface area contributed by atoms with Crippen molar-refractivity contribution in [3.63, 3.8) is 0 Å². The van der Waals surface area contributed by atoms with Crippen LogP contribution >= 0.6 is 23.1 Å². The van der Waals surface area contributed by atoms with Gasteiger partial charge < -0.3 is 9.73 Å². The molecule has 0 aliphatic heterocycles. The molecule has 130 valence electrons. The quantitative estimate of drug-likeness (QED) is 0.604. The van der Waals surface area contributed by atoms with Gasteiger partial charge in [-0.25, -0.2) is 0 Å². The minimum Gasteiger partial charge on any atom is -0.410 e. The number of nitrogens with zero attached hydrogens (tertiary/aromatic N) is 2. The molecule has 3 aromatic rings. The number of amides is 1. The Hall–Kier alpha value is -2.12. The summed E-state index contributed by atoms with van der Waals surface area (Å²) in [6.07, 6.45) is 1.85. The van der Waals surface area contributed by atoms with Gasteiger partial charge in [-0.2, -0.15) is 0 Å². The Balaban J connectivity index is 1.40. The molecule has 7 heteroatoms. The van der Waals surface area contributed by atoms with E-state index in [1.54, 1.807) is 11.3 Å². The summed E-state index contributed by atoms with van der Waals surface area (Å²) in [6.45, 7) is 2.02. The molecule has 0 saturated carbocycles. The molecule has 0 bridgehead atoms. The first-order valence-electron chi connectivity index (χ1n) is 8.04. The monoisotopic (exact) mass is 373 g/mol. The average Bonchev–Trinajstić information content (AvgIpc) is 3.30. The van der Waals surface area contributed by atoms with Crippen LogP contribution in [-0.2, 0) is 11.2 Å². The summed E-state index contributed by atoms with van der Waals surface area (Å²) in [6, 6.07) is 14.3. The molecule has 2 heterocycles. The Kier molecular flexibility index (Phi) is 6.25. The molecular weight excluding hydrogens is 354 g/mol. The van der Waals surface area contributed by atoms with Gasteiger partial charge in [-0.15, -0.1) is 21.5 Å². The Morgan fingerprint density at radius 1 is 1.24 bits per heavy atom. The summed E-state index contributed by atoms with van der Waals surface area (Å²) in [7, 11) is 0. The van der Waals surface area contributed by atoms with Crippen LogP contribution in [-0.4, -0.2) is 27.9 Å². The van der Waals surface area contributed by atoms with E-state index >= 15 is 0 Å². The fourth-order valence-electron chi connectivity index (χ4n) is 2.31. The van der Waals surface area contributed by atoms with Gasteiger partial charge in [0.15, 0.2) is 0 Å². The van der Waals surface area contributed by atoms with Crippen molar-refractivity contribution in [2.75, 3.05) is 5.75 Å². The first kappa shape index (κ1) is 17.7. The first-order valence-corrected chi connectivity index (χ1v) is 9.90. The van der Waals surface area contributed by atoms with Gasteiger partial charge in [-0.05, 0) is 36.8 Å². The van der Waals surface area contributed by atoms with Crippen LogP contribution < -0.4 is 5.32 Å². The fraction of sp³-hybridized carbons (Fsp3) is 0.278. The van der Waals surface area contributed by atoms with Gasteiger partial charge in [0.1, 0.15) is 0 Å². The van der Waals surface area contributed by atoms with E-state index in [0.717, 1.165) is 17.7 Å². The van der Waals surface area contributed by atoms with Gasteiger partial charge in [-0.1, -0.05) is 48.2 Å². The number of nitrogens with one attached hydrogen (secondary N) is 1. The van der Waals surface area contributed by atoms with E-state index in [-0.39, 0.29) is 17.7 Å². The molecule has 3 rings (SSSR count). The number of benzene rings is 1. The summed E-state index contributed by atoms with van der Waals surface area (Å²) in [5.74, 6) is 0.734. The molecule has 0 radical (unpaired) electrons. The SMILES string of the molecule is CC(CCc1ccccc1)NC(=O)CSc1nnc(-c2cccs2)o1. The fourth-order valence-corrected chi connectivity index (χ4v) is 3.53. The topological polar surface area (TPSA) is 68.0 Å². The van der Waals surface area contributed by atoms with Crippen molar-refractivity contribution in [1.29, 1.82) is 0 Å². The van der Waals surface area contributed by atoms with Crippen LogP contribution in [0.4, 0.5) is 0 Å². The van der Waals surface area contributed by atoms with Crippen LogP contribution in [0.25, 0.3) is 10.8 Å². The molecule has 1 amide bonds. The molecule has 0 saturated heterocycles. The zero-order valence-electron chi connectivity index (χ0n) is 13.8. The van der Waals surface area contributed by atoms with Crippen molar-refractivity contribution in [3.05, 3.63) is 53.4 Å². The summed E-state index contributed by atoms with van der Waals surface area (Å²) >= 11 is 2.80. The molecule has 0 aliphatic carbocycles. The molecule has 1 atom stereocenters. The van der Waals surface area contributed by atoms with E-state index in [1.165, 1.54) is 17.3 Å². The molecular formula is C18H19N3O2S2. The molecule has 25 heavy (non-hydrogen) atoms. The van der Waals surface area contributed by atoms with Crippen LogP contribution in [0.1, 0.15) is 18.9 Å². The third-order valence-electron chi connectivity index (χ3n) is 3.58. The van der Waals surface area contributed by atoms with Crippen molar-refractivity contribution in [2.24, 2.45) is 0 Å². The predicted molar refractivity (Wildman–Crippen MR) is 101 cm³/mol. The molecule has 0 spiro atoms. The molecule has 5 nitrogen and oxygen atoms in total. The lowest BCUT2D eigenvalue weighted by molar-refractivity contribution is -0.119. The number of hydrogen-bond acceptors (Lipinski definition) is 6. The van der Waals surface area contributed by atoms with Crippen molar-refractivity contribution in [3.8, 4) is 10.8 Å². The van der Waals surface area contributed by atoms with Gasteiger partial charge in [0.2, 0.25) is 5.91 Å². The van der Waals surface area contributed by atoms with Crippen LogP contribution in [0, 0.1) is 0 Å². The minimum atomic E-state index is -0.0264. The van der Waals surface area contributed by atoms with Gasteiger partial charge in [0, 0.05) is 6.04 Å². The summed E-state index contributed by atoms with van der Waals surface area (Å²) in [4.78, 5) is 13.0.